The summed E-state index contributed by atoms with van der Waals surface area (Å²) in [4.78, 5) is 0. The van der Waals surface area contributed by atoms with E-state index < -0.39 is 21.8 Å². The summed E-state index contributed by atoms with van der Waals surface area (Å²) in [6, 6.07) is 32.4. The van der Waals surface area contributed by atoms with Gasteiger partial charge in [-0.1, -0.05) is 216 Å². The highest BCUT2D eigenvalue weighted by atomic mass is 35.6. The summed E-state index contributed by atoms with van der Waals surface area (Å²) < 4.78 is 43.9. The molecule has 6 atom stereocenters. The van der Waals surface area contributed by atoms with Crippen LogP contribution in [0.5, 0.6) is 11.5 Å². The van der Waals surface area contributed by atoms with Crippen LogP contribution in [0.4, 0.5) is 0 Å². The molecule has 2 aliphatic rings. The molecule has 4 aromatic carbocycles. The summed E-state index contributed by atoms with van der Waals surface area (Å²) in [6.45, 7) is 37.4. The molecular formula is C76H113ClO8Si2. The number of hydrogen-bond acceptors (Lipinski definition) is 8. The first-order valence-corrected chi connectivity index (χ1v) is 39.9. The monoisotopic (exact) mass is 1240 g/mol. The van der Waals surface area contributed by atoms with E-state index in [2.05, 4.69) is 143 Å². The first-order valence-electron chi connectivity index (χ1n) is 32.9. The van der Waals surface area contributed by atoms with Crippen molar-refractivity contribution in [1.29, 1.82) is 0 Å². The van der Waals surface area contributed by atoms with E-state index in [4.69, 9.17) is 43.9 Å². The van der Waals surface area contributed by atoms with Crippen LogP contribution in [0.25, 0.3) is 0 Å². The Bertz CT molecular complexity index is 2650. The summed E-state index contributed by atoms with van der Waals surface area (Å²) in [5, 5.41) is 11.3. The first-order chi connectivity index (χ1) is 41.6. The van der Waals surface area contributed by atoms with Crippen LogP contribution in [-0.4, -0.2) is 58.8 Å². The summed E-state index contributed by atoms with van der Waals surface area (Å²) in [7, 11) is -3.52. The quantitative estimate of drug-likeness (QED) is 0.0182. The van der Waals surface area contributed by atoms with Crippen molar-refractivity contribution in [3.8, 4) is 35.2 Å². The van der Waals surface area contributed by atoms with Crippen molar-refractivity contribution in [3.63, 3.8) is 0 Å². The summed E-state index contributed by atoms with van der Waals surface area (Å²) in [5.74, 6) is 15.0. The van der Waals surface area contributed by atoms with E-state index >= 15 is 0 Å². The van der Waals surface area contributed by atoms with Crippen molar-refractivity contribution in [2.45, 2.75) is 270 Å². The normalized spacial score (nSPS) is 16.8. The maximum Gasteiger partial charge on any atom is 0.194 e. The second-order valence-electron chi connectivity index (χ2n) is 26.4. The zero-order chi connectivity index (χ0) is 63.6. The van der Waals surface area contributed by atoms with Gasteiger partial charge in [0.05, 0.1) is 12.2 Å². The Kier molecular flexibility index (Phi) is 34.8. The number of benzene rings is 4. The van der Waals surface area contributed by atoms with E-state index in [-0.39, 0.29) is 35.9 Å². The lowest BCUT2D eigenvalue weighted by Crippen LogP contribution is -2.41. The minimum atomic E-state index is -2.13. The number of aliphatic hydroxyl groups excluding tert-OH is 1. The standard InChI is InChI=1S/C38H56O4Si.C32H42O4.C6H15ClSi/c1-8-10-12-23-32(41-37-28-17-18-29-39-37)24-15-16-26-36(42-43(6,7)38(3,4)5)34-25-19-27-35(33(34)20-9-2)40-30-31-21-13-11-14-22-31;1-3-5-7-18-27(36-32-23-12-13-24-34-32)19-10-11-21-30(33)28-20-14-22-31(29(28)15-4-2)35-25-26-16-8-6-9-17-26;1-6(2,3)8(4,5)7/h9,11,13-14,19,21-22,25,27,32,36-37H,2,8,10,12,15,17-18,20,23-24,28-30H2,1,3-7H3;4,6,8-9,14,16-17,20,22,27,30,32-33H,2-3,5,7,10,12-13,15,18-19,23-25H2,1H3;1-5H3/t32-,36+,37?;27-,30-,32?;/m00./s1. The molecule has 11 heteroatoms. The Morgan fingerprint density at radius 1 is 0.586 bits per heavy atom. The van der Waals surface area contributed by atoms with Crippen LogP contribution >= 0.6 is 11.1 Å². The molecule has 0 spiro atoms. The summed E-state index contributed by atoms with van der Waals surface area (Å²) in [6.07, 6.45) is 23.1. The number of hydrogen-bond donors (Lipinski definition) is 1. The van der Waals surface area contributed by atoms with Gasteiger partial charge >= 0.3 is 0 Å². The molecule has 0 amide bonds. The topological polar surface area (TPSA) is 84.8 Å². The van der Waals surface area contributed by atoms with Gasteiger partial charge in [0, 0.05) is 37.2 Å². The first kappa shape index (κ1) is 75.0. The van der Waals surface area contributed by atoms with E-state index in [9.17, 15) is 5.11 Å². The van der Waals surface area contributed by atoms with Crippen LogP contribution in [0, 0.1) is 23.7 Å². The molecule has 4 aromatic rings. The summed E-state index contributed by atoms with van der Waals surface area (Å²) in [5.41, 5.74) is 6.12. The zero-order valence-corrected chi connectivity index (χ0v) is 58.7. The smallest absolute Gasteiger partial charge is 0.194 e. The summed E-state index contributed by atoms with van der Waals surface area (Å²) >= 11 is 6.15. The van der Waals surface area contributed by atoms with Crippen molar-refractivity contribution < 1.29 is 38.0 Å². The highest BCUT2D eigenvalue weighted by Gasteiger charge is 2.40. The van der Waals surface area contributed by atoms with Gasteiger partial charge in [0.1, 0.15) is 36.9 Å². The van der Waals surface area contributed by atoms with Gasteiger partial charge in [0.25, 0.3) is 0 Å². The van der Waals surface area contributed by atoms with Crippen molar-refractivity contribution in [3.05, 3.63) is 156 Å². The lowest BCUT2D eigenvalue weighted by atomic mass is 9.98. The van der Waals surface area contributed by atoms with Crippen molar-refractivity contribution in [2.24, 2.45) is 0 Å². The van der Waals surface area contributed by atoms with Crippen LogP contribution in [0.3, 0.4) is 0 Å². The molecule has 0 bridgehead atoms. The average Bonchev–Trinajstić information content (AvgIpc) is 3.27. The number of allylic oxidation sites excluding steroid dienone is 2. The van der Waals surface area contributed by atoms with E-state index in [1.165, 1.54) is 44.9 Å². The van der Waals surface area contributed by atoms with E-state index in [0.717, 1.165) is 122 Å². The van der Waals surface area contributed by atoms with Crippen molar-refractivity contribution in [2.75, 3.05) is 13.2 Å². The Morgan fingerprint density at radius 3 is 1.43 bits per heavy atom. The molecule has 0 aliphatic carbocycles. The molecule has 1 N–H and O–H groups in total. The highest BCUT2D eigenvalue weighted by Crippen LogP contribution is 2.42. The Labute approximate surface area is 536 Å². The van der Waals surface area contributed by atoms with Gasteiger partial charge < -0.3 is 38.0 Å². The average molecular weight is 1250 g/mol. The van der Waals surface area contributed by atoms with Crippen molar-refractivity contribution >= 4 is 26.8 Å². The van der Waals surface area contributed by atoms with Crippen LogP contribution in [0.1, 0.15) is 217 Å². The maximum absolute atomic E-state index is 10.9. The lowest BCUT2D eigenvalue weighted by Gasteiger charge is -2.38. The van der Waals surface area contributed by atoms with Crippen LogP contribution < -0.4 is 9.47 Å². The molecule has 0 radical (unpaired) electrons. The molecule has 480 valence electrons. The van der Waals surface area contributed by atoms with Crippen LogP contribution in [-0.2, 0) is 49.4 Å². The van der Waals surface area contributed by atoms with Crippen LogP contribution in [0.2, 0.25) is 36.3 Å². The molecule has 2 saturated heterocycles. The van der Waals surface area contributed by atoms with Gasteiger partial charge in [-0.25, -0.2) is 0 Å². The van der Waals surface area contributed by atoms with Gasteiger partial charge in [0.2, 0.25) is 0 Å². The zero-order valence-electron chi connectivity index (χ0n) is 55.9. The van der Waals surface area contributed by atoms with Gasteiger partial charge in [-0.2, -0.15) is 11.1 Å². The van der Waals surface area contributed by atoms with Gasteiger partial charge in [-0.3, -0.25) is 0 Å². The molecule has 2 heterocycles. The number of aliphatic hydroxyl groups is 1. The SMILES string of the molecule is C=CCc1c(OCc2ccccc2)cccc1[C@@H](C#CCC[C@H](CCCCC)OC1CCCCO1)O[Si](C)(C)C(C)(C)C.C=CCc1c(OCc2ccccc2)cccc1[C@@H](O)C#CCC[C@H](CCCCC)OC1CCCCO1.CC(C)(C)[Si](C)(C)Cl. The minimum Gasteiger partial charge on any atom is -0.489 e. The number of ether oxygens (including phenoxy) is 6. The van der Waals surface area contributed by atoms with Gasteiger partial charge in [-0.15, -0.1) is 25.0 Å². The maximum atomic E-state index is 10.9. The number of unbranched alkanes of at least 4 members (excludes halogenated alkanes) is 4. The molecule has 0 saturated carbocycles. The molecule has 2 unspecified atom stereocenters. The number of rotatable bonds is 30. The van der Waals surface area contributed by atoms with Crippen molar-refractivity contribution in [1.82, 2.24) is 0 Å². The molecular weight excluding hydrogens is 1130 g/mol. The highest BCUT2D eigenvalue weighted by molar-refractivity contribution is 7.20. The minimum absolute atomic E-state index is 0.0607. The number of halogens is 1. The largest absolute Gasteiger partial charge is 0.489 e. The third-order valence-corrected chi connectivity index (χ3v) is 26.7. The fraction of sp³-hybridized carbons (Fsp3) is 0.579. The molecule has 87 heavy (non-hydrogen) atoms. The fourth-order valence-electron chi connectivity index (χ4n) is 9.52. The van der Waals surface area contributed by atoms with E-state index in [1.54, 1.807) is 0 Å². The Balaban J connectivity index is 0.000000334. The fourth-order valence-corrected chi connectivity index (χ4v) is 10.7. The third-order valence-electron chi connectivity index (χ3n) is 17.0. The van der Waals surface area contributed by atoms with E-state index in [1.807, 2.05) is 84.9 Å². The molecule has 6 rings (SSSR count). The Morgan fingerprint density at radius 2 is 1.02 bits per heavy atom. The lowest BCUT2D eigenvalue weighted by molar-refractivity contribution is -0.190. The molecule has 8 nitrogen and oxygen atoms in total. The predicted octanol–water partition coefficient (Wildman–Crippen LogP) is 20.9. The molecule has 2 aliphatic heterocycles. The van der Waals surface area contributed by atoms with Crippen LogP contribution in [0.15, 0.2) is 122 Å². The third kappa shape index (κ3) is 28.5. The van der Waals surface area contributed by atoms with Gasteiger partial charge in [-0.05, 0) is 135 Å². The van der Waals surface area contributed by atoms with E-state index in [0.29, 0.717) is 37.5 Å². The van der Waals surface area contributed by atoms with Gasteiger partial charge in [0.15, 0.2) is 28.3 Å². The molecule has 0 aromatic heterocycles. The second-order valence-corrected chi connectivity index (χ2v) is 38.4. The second kappa shape index (κ2) is 40.3. The molecule has 2 fully saturated rings. The predicted molar refractivity (Wildman–Crippen MR) is 370 cm³/mol. The Hall–Kier alpha value is -4.44.